The number of aryl methyl sites for hydroxylation is 1. The van der Waals surface area contributed by atoms with Crippen LogP contribution >= 0.6 is 0 Å². The van der Waals surface area contributed by atoms with Crippen molar-refractivity contribution in [1.29, 1.82) is 0 Å². The van der Waals surface area contributed by atoms with Crippen LogP contribution in [0.15, 0.2) is 12.5 Å². The standard InChI is InChI=1S/C6H8N2O2/c1-5-2-7-3-8-6(5)10-4-9/h2-3,9H,4H2,1H3. The Morgan fingerprint density at radius 1 is 1.70 bits per heavy atom. The van der Waals surface area contributed by atoms with E-state index in [2.05, 4.69) is 9.97 Å². The zero-order chi connectivity index (χ0) is 7.40. The molecule has 0 aromatic carbocycles. The maximum absolute atomic E-state index is 8.36. The minimum atomic E-state index is -0.349. The van der Waals surface area contributed by atoms with Crippen molar-refractivity contribution < 1.29 is 9.84 Å². The van der Waals surface area contributed by atoms with Gasteiger partial charge in [0.05, 0.1) is 0 Å². The fourth-order valence-electron chi connectivity index (χ4n) is 0.600. The largest absolute Gasteiger partial charge is 0.450 e. The molecular formula is C6H8N2O2. The minimum absolute atomic E-state index is 0.349. The fraction of sp³-hybridized carbons (Fsp3) is 0.333. The van der Waals surface area contributed by atoms with Crippen LogP contribution in [0.3, 0.4) is 0 Å². The molecule has 0 aliphatic heterocycles. The first-order valence-corrected chi connectivity index (χ1v) is 2.85. The van der Waals surface area contributed by atoms with Gasteiger partial charge in [-0.15, -0.1) is 0 Å². The van der Waals surface area contributed by atoms with Crippen molar-refractivity contribution in [3.63, 3.8) is 0 Å². The number of aliphatic hydroxyl groups excluding tert-OH is 1. The number of aliphatic hydroxyl groups is 1. The first-order valence-electron chi connectivity index (χ1n) is 2.85. The van der Waals surface area contributed by atoms with Crippen LogP contribution in [0.25, 0.3) is 0 Å². The molecule has 0 saturated carbocycles. The SMILES string of the molecule is Cc1cncnc1OCO. The molecule has 1 aromatic rings. The molecule has 0 aliphatic rings. The summed E-state index contributed by atoms with van der Waals surface area (Å²) < 4.78 is 4.74. The maximum atomic E-state index is 8.36. The molecule has 0 radical (unpaired) electrons. The van der Waals surface area contributed by atoms with E-state index >= 15 is 0 Å². The third kappa shape index (κ3) is 1.41. The topological polar surface area (TPSA) is 55.2 Å². The highest BCUT2D eigenvalue weighted by Crippen LogP contribution is 2.09. The summed E-state index contributed by atoms with van der Waals surface area (Å²) in [6.45, 7) is 1.46. The number of hydrogen-bond donors (Lipinski definition) is 1. The molecule has 0 bridgehead atoms. The second kappa shape index (κ2) is 3.12. The third-order valence-electron chi connectivity index (χ3n) is 1.05. The van der Waals surface area contributed by atoms with Gasteiger partial charge < -0.3 is 9.84 Å². The predicted molar refractivity (Wildman–Crippen MR) is 34.5 cm³/mol. The van der Waals surface area contributed by atoms with E-state index in [0.29, 0.717) is 5.88 Å². The quantitative estimate of drug-likeness (QED) is 0.592. The number of ether oxygens (including phenoxy) is 1. The van der Waals surface area contributed by atoms with Gasteiger partial charge in [-0.25, -0.2) is 9.97 Å². The minimum Gasteiger partial charge on any atom is -0.450 e. The molecule has 0 fully saturated rings. The van der Waals surface area contributed by atoms with Gasteiger partial charge in [0.2, 0.25) is 5.88 Å². The number of aromatic nitrogens is 2. The van der Waals surface area contributed by atoms with Gasteiger partial charge in [-0.2, -0.15) is 0 Å². The van der Waals surface area contributed by atoms with Gasteiger partial charge in [0.1, 0.15) is 6.33 Å². The molecule has 1 rings (SSSR count). The second-order valence-electron chi connectivity index (χ2n) is 1.78. The Labute approximate surface area is 58.5 Å². The second-order valence-corrected chi connectivity index (χ2v) is 1.78. The summed E-state index contributed by atoms with van der Waals surface area (Å²) in [7, 11) is 0. The summed E-state index contributed by atoms with van der Waals surface area (Å²) in [5.41, 5.74) is 0.816. The zero-order valence-corrected chi connectivity index (χ0v) is 5.61. The Morgan fingerprint density at radius 2 is 2.50 bits per heavy atom. The lowest BCUT2D eigenvalue weighted by Crippen LogP contribution is -1.98. The molecule has 0 unspecified atom stereocenters. The van der Waals surface area contributed by atoms with Crippen molar-refractivity contribution in [2.75, 3.05) is 6.79 Å². The van der Waals surface area contributed by atoms with Gasteiger partial charge in [0, 0.05) is 11.8 Å². The number of hydrogen-bond acceptors (Lipinski definition) is 4. The van der Waals surface area contributed by atoms with Crippen LogP contribution in [0, 0.1) is 6.92 Å². The molecule has 0 aliphatic carbocycles. The summed E-state index contributed by atoms with van der Waals surface area (Å²) in [6.07, 6.45) is 3.00. The van der Waals surface area contributed by atoms with Crippen LogP contribution in [-0.2, 0) is 0 Å². The van der Waals surface area contributed by atoms with Gasteiger partial charge in [-0.3, -0.25) is 0 Å². The Morgan fingerprint density at radius 3 is 3.10 bits per heavy atom. The monoisotopic (exact) mass is 140 g/mol. The summed E-state index contributed by atoms with van der Waals surface area (Å²) in [5, 5.41) is 8.36. The van der Waals surface area contributed by atoms with Crippen LogP contribution in [0.1, 0.15) is 5.56 Å². The maximum Gasteiger partial charge on any atom is 0.221 e. The lowest BCUT2D eigenvalue weighted by molar-refractivity contribution is 0.0932. The highest BCUT2D eigenvalue weighted by Gasteiger charge is 1.96. The number of nitrogens with zero attached hydrogens (tertiary/aromatic N) is 2. The van der Waals surface area contributed by atoms with Gasteiger partial charge in [0.25, 0.3) is 0 Å². The summed E-state index contributed by atoms with van der Waals surface area (Å²) in [5.74, 6) is 0.428. The molecule has 4 nitrogen and oxygen atoms in total. The first-order chi connectivity index (χ1) is 4.84. The van der Waals surface area contributed by atoms with Crippen molar-refractivity contribution in [3.05, 3.63) is 18.1 Å². The Hall–Kier alpha value is -1.16. The Kier molecular flexibility index (Phi) is 2.17. The van der Waals surface area contributed by atoms with E-state index in [4.69, 9.17) is 9.84 Å². The summed E-state index contributed by atoms with van der Waals surface area (Å²) in [6, 6.07) is 0. The van der Waals surface area contributed by atoms with E-state index in [-0.39, 0.29) is 6.79 Å². The van der Waals surface area contributed by atoms with Gasteiger partial charge in [-0.1, -0.05) is 0 Å². The lowest BCUT2D eigenvalue weighted by atomic mass is 10.4. The third-order valence-corrected chi connectivity index (χ3v) is 1.05. The van der Waals surface area contributed by atoms with Crippen LogP contribution < -0.4 is 4.74 Å². The molecule has 0 amide bonds. The summed E-state index contributed by atoms with van der Waals surface area (Å²) >= 11 is 0. The molecule has 1 N–H and O–H groups in total. The molecule has 54 valence electrons. The van der Waals surface area contributed by atoms with Crippen LogP contribution in [-0.4, -0.2) is 21.9 Å². The molecule has 1 aromatic heterocycles. The van der Waals surface area contributed by atoms with Crippen LogP contribution in [0.2, 0.25) is 0 Å². The molecule has 0 atom stereocenters. The Balaban J connectivity index is 2.81. The van der Waals surface area contributed by atoms with E-state index in [1.54, 1.807) is 6.20 Å². The molecule has 4 heteroatoms. The van der Waals surface area contributed by atoms with E-state index in [1.807, 2.05) is 6.92 Å². The smallest absolute Gasteiger partial charge is 0.221 e. The van der Waals surface area contributed by atoms with E-state index in [9.17, 15) is 0 Å². The first kappa shape index (κ1) is 6.95. The van der Waals surface area contributed by atoms with E-state index < -0.39 is 0 Å². The van der Waals surface area contributed by atoms with Crippen LogP contribution in [0.4, 0.5) is 0 Å². The molecule has 1 heterocycles. The molecule has 0 spiro atoms. The molecular weight excluding hydrogens is 132 g/mol. The van der Waals surface area contributed by atoms with E-state index in [1.165, 1.54) is 6.33 Å². The normalized spacial score (nSPS) is 9.40. The van der Waals surface area contributed by atoms with Crippen molar-refractivity contribution in [1.82, 2.24) is 9.97 Å². The highest BCUT2D eigenvalue weighted by atomic mass is 16.6. The zero-order valence-electron chi connectivity index (χ0n) is 5.61. The summed E-state index contributed by atoms with van der Waals surface area (Å²) in [4.78, 5) is 7.53. The number of rotatable bonds is 2. The van der Waals surface area contributed by atoms with Gasteiger partial charge >= 0.3 is 0 Å². The average molecular weight is 140 g/mol. The predicted octanol–water partition coefficient (Wildman–Crippen LogP) is 0.114. The highest BCUT2D eigenvalue weighted by molar-refractivity contribution is 5.19. The van der Waals surface area contributed by atoms with Crippen molar-refractivity contribution in [3.8, 4) is 5.88 Å². The van der Waals surface area contributed by atoms with Crippen molar-refractivity contribution in [2.45, 2.75) is 6.92 Å². The average Bonchev–Trinajstić information content (AvgIpc) is 1.94. The molecule has 0 saturated heterocycles. The van der Waals surface area contributed by atoms with Crippen molar-refractivity contribution >= 4 is 0 Å². The Bertz CT molecular complexity index is 215. The van der Waals surface area contributed by atoms with Gasteiger partial charge in [0.15, 0.2) is 6.79 Å². The van der Waals surface area contributed by atoms with Crippen molar-refractivity contribution in [2.24, 2.45) is 0 Å². The van der Waals surface area contributed by atoms with Crippen LogP contribution in [0.5, 0.6) is 5.88 Å². The van der Waals surface area contributed by atoms with E-state index in [0.717, 1.165) is 5.56 Å². The van der Waals surface area contributed by atoms with Gasteiger partial charge in [-0.05, 0) is 6.92 Å². The molecule has 10 heavy (non-hydrogen) atoms. The fourth-order valence-corrected chi connectivity index (χ4v) is 0.600. The lowest BCUT2D eigenvalue weighted by Gasteiger charge is -2.01.